The molecule has 1 saturated carbocycles. The van der Waals surface area contributed by atoms with Crippen molar-refractivity contribution in [1.82, 2.24) is 4.90 Å². The Balaban J connectivity index is 1.43. The first-order valence-electron chi connectivity index (χ1n) is 9.62. The van der Waals surface area contributed by atoms with Crippen LogP contribution in [0.15, 0.2) is 53.4 Å². The molecule has 8 heteroatoms. The summed E-state index contributed by atoms with van der Waals surface area (Å²) in [5.74, 6) is -3.67. The summed E-state index contributed by atoms with van der Waals surface area (Å²) in [6.07, 6.45) is 4.15. The molecule has 1 amide bonds. The molecule has 0 aromatic heterocycles. The lowest BCUT2D eigenvalue weighted by molar-refractivity contribution is -0.118. The van der Waals surface area contributed by atoms with Crippen LogP contribution in [0.25, 0.3) is 0 Å². The number of nitrogens with one attached hydrogen (secondary N) is 1. The van der Waals surface area contributed by atoms with E-state index in [1.807, 2.05) is 12.1 Å². The average Bonchev–Trinajstić information content (AvgIpc) is 3.45. The number of nitrogens with zero attached hydrogens (tertiary/aromatic N) is 1. The first-order valence-corrected chi connectivity index (χ1v) is 11.2. The Kier molecular flexibility index (Phi) is 5.40. The Hall–Kier alpha value is -2.32. The second kappa shape index (κ2) is 7.84. The summed E-state index contributed by atoms with van der Waals surface area (Å²) in [4.78, 5) is 14.4. The van der Waals surface area contributed by atoms with E-state index in [0.29, 0.717) is 11.7 Å². The van der Waals surface area contributed by atoms with Crippen molar-refractivity contribution in [2.75, 3.05) is 11.9 Å². The van der Waals surface area contributed by atoms with E-state index in [9.17, 15) is 22.0 Å². The van der Waals surface area contributed by atoms with Crippen molar-refractivity contribution in [3.8, 4) is 0 Å². The molecule has 2 aliphatic carbocycles. The van der Waals surface area contributed by atoms with Gasteiger partial charge in [0, 0.05) is 17.8 Å². The van der Waals surface area contributed by atoms with Gasteiger partial charge in [-0.15, -0.1) is 0 Å². The van der Waals surface area contributed by atoms with Gasteiger partial charge in [-0.05, 0) is 61.1 Å². The van der Waals surface area contributed by atoms with E-state index in [4.69, 9.17) is 0 Å². The summed E-state index contributed by atoms with van der Waals surface area (Å²) in [6, 6.07) is 13.8. The lowest BCUT2D eigenvalue weighted by Crippen LogP contribution is -2.37. The fraction of sp³-hybridized carbons (Fsp3) is 0.381. The van der Waals surface area contributed by atoms with E-state index in [-0.39, 0.29) is 18.5 Å². The minimum atomic E-state index is -4.64. The molecule has 0 radical (unpaired) electrons. The maximum Gasteiger partial charge on any atom is 0.341 e. The van der Waals surface area contributed by atoms with Gasteiger partial charge in [0.2, 0.25) is 15.7 Å². The number of carbonyl (C=O) groups excluding carboxylic acids is 1. The standard InChI is InChI=1S/C21H22F2N2O3S/c22-21(23)29(27,28)17-10-6-15(7-11-17)24-20(26)13-25(16-8-9-16)19-12-5-14-3-1-2-4-18(14)19/h1-4,6-7,10-11,16,19,21H,5,8-9,12-13H2,(H,24,26). The van der Waals surface area contributed by atoms with E-state index < -0.39 is 20.5 Å². The monoisotopic (exact) mass is 420 g/mol. The van der Waals surface area contributed by atoms with Crippen molar-refractivity contribution in [3.05, 3.63) is 59.7 Å². The Morgan fingerprint density at radius 1 is 1.07 bits per heavy atom. The third kappa shape index (κ3) is 4.18. The minimum absolute atomic E-state index is 0.203. The van der Waals surface area contributed by atoms with Gasteiger partial charge in [0.1, 0.15) is 0 Å². The van der Waals surface area contributed by atoms with Gasteiger partial charge >= 0.3 is 5.76 Å². The van der Waals surface area contributed by atoms with Gasteiger partial charge in [-0.25, -0.2) is 8.42 Å². The zero-order valence-corrected chi connectivity index (χ0v) is 16.5. The molecule has 2 aliphatic rings. The number of anilines is 1. The zero-order valence-electron chi connectivity index (χ0n) is 15.7. The molecule has 0 aliphatic heterocycles. The predicted molar refractivity (Wildman–Crippen MR) is 105 cm³/mol. The van der Waals surface area contributed by atoms with E-state index in [1.165, 1.54) is 23.3 Å². The first kappa shape index (κ1) is 20.0. The molecule has 29 heavy (non-hydrogen) atoms. The highest BCUT2D eigenvalue weighted by Crippen LogP contribution is 2.41. The number of aryl methyl sites for hydroxylation is 1. The molecule has 0 spiro atoms. The highest BCUT2D eigenvalue weighted by atomic mass is 32.2. The molecule has 0 saturated heterocycles. The minimum Gasteiger partial charge on any atom is -0.325 e. The number of amides is 1. The van der Waals surface area contributed by atoms with Gasteiger partial charge in [0.05, 0.1) is 11.4 Å². The Morgan fingerprint density at radius 3 is 2.41 bits per heavy atom. The number of rotatable bonds is 7. The van der Waals surface area contributed by atoms with Crippen LogP contribution < -0.4 is 5.32 Å². The molecule has 5 nitrogen and oxygen atoms in total. The van der Waals surface area contributed by atoms with E-state index >= 15 is 0 Å². The van der Waals surface area contributed by atoms with Crippen molar-refractivity contribution in [2.24, 2.45) is 0 Å². The van der Waals surface area contributed by atoms with Crippen LogP contribution in [0, 0.1) is 0 Å². The molecule has 154 valence electrons. The SMILES string of the molecule is O=C(CN(C1CC1)C1CCc2ccccc21)Nc1ccc(S(=O)(=O)C(F)F)cc1. The second-order valence-corrected chi connectivity index (χ2v) is 9.45. The summed E-state index contributed by atoms with van der Waals surface area (Å²) in [6.45, 7) is 0.237. The fourth-order valence-corrected chi connectivity index (χ4v) is 4.70. The summed E-state index contributed by atoms with van der Waals surface area (Å²) in [5, 5.41) is 2.75. The van der Waals surface area contributed by atoms with E-state index in [2.05, 4.69) is 22.3 Å². The van der Waals surface area contributed by atoms with Gasteiger partial charge in [0.25, 0.3) is 0 Å². The third-order valence-electron chi connectivity index (χ3n) is 5.54. The number of hydrogen-bond donors (Lipinski definition) is 1. The quantitative estimate of drug-likeness (QED) is 0.741. The summed E-state index contributed by atoms with van der Waals surface area (Å²) in [7, 11) is -4.64. The molecule has 0 bridgehead atoms. The van der Waals surface area contributed by atoms with Gasteiger partial charge in [-0.3, -0.25) is 9.69 Å². The van der Waals surface area contributed by atoms with Crippen molar-refractivity contribution in [3.63, 3.8) is 0 Å². The van der Waals surface area contributed by atoms with Crippen molar-refractivity contribution >= 4 is 21.4 Å². The van der Waals surface area contributed by atoms with E-state index in [0.717, 1.165) is 37.8 Å². The molecule has 0 heterocycles. The maximum atomic E-state index is 12.6. The normalized spacial score (nSPS) is 18.8. The van der Waals surface area contributed by atoms with Gasteiger partial charge in [-0.1, -0.05) is 24.3 Å². The van der Waals surface area contributed by atoms with Crippen molar-refractivity contribution in [1.29, 1.82) is 0 Å². The van der Waals surface area contributed by atoms with Crippen LogP contribution in [0.4, 0.5) is 14.5 Å². The fourth-order valence-electron chi connectivity index (χ4n) is 3.98. The average molecular weight is 420 g/mol. The van der Waals surface area contributed by atoms with Crippen LogP contribution in [-0.2, 0) is 21.1 Å². The van der Waals surface area contributed by atoms with Crippen LogP contribution >= 0.6 is 0 Å². The zero-order chi connectivity index (χ0) is 20.6. The molecule has 1 unspecified atom stereocenters. The molecule has 1 N–H and O–H groups in total. The smallest absolute Gasteiger partial charge is 0.325 e. The Bertz CT molecular complexity index is 1000. The highest BCUT2D eigenvalue weighted by molar-refractivity contribution is 7.91. The van der Waals surface area contributed by atoms with Crippen LogP contribution in [0.1, 0.15) is 36.4 Å². The molecular formula is C21H22F2N2O3S. The number of fused-ring (bicyclic) bond motifs is 1. The Morgan fingerprint density at radius 2 is 1.76 bits per heavy atom. The lowest BCUT2D eigenvalue weighted by Gasteiger charge is -2.29. The third-order valence-corrected chi connectivity index (χ3v) is 6.94. The Labute approximate surface area is 168 Å². The molecule has 2 aromatic rings. The molecular weight excluding hydrogens is 398 g/mol. The largest absolute Gasteiger partial charge is 0.341 e. The van der Waals surface area contributed by atoms with E-state index in [1.54, 1.807) is 0 Å². The van der Waals surface area contributed by atoms with Crippen LogP contribution in [0.3, 0.4) is 0 Å². The van der Waals surface area contributed by atoms with Gasteiger partial charge in [0.15, 0.2) is 0 Å². The van der Waals surface area contributed by atoms with Gasteiger partial charge < -0.3 is 5.32 Å². The highest BCUT2D eigenvalue weighted by Gasteiger charge is 2.38. The number of alkyl halides is 2. The topological polar surface area (TPSA) is 66.5 Å². The number of carbonyl (C=O) groups is 1. The summed E-state index contributed by atoms with van der Waals surface area (Å²) in [5.41, 5.74) is 3.00. The molecule has 4 rings (SSSR count). The second-order valence-electron chi connectivity index (χ2n) is 7.54. The van der Waals surface area contributed by atoms with Gasteiger partial charge in [-0.2, -0.15) is 8.78 Å². The first-order chi connectivity index (χ1) is 13.9. The number of halogens is 2. The number of sulfone groups is 1. The lowest BCUT2D eigenvalue weighted by atomic mass is 10.1. The number of hydrogen-bond acceptors (Lipinski definition) is 4. The van der Waals surface area contributed by atoms with Crippen molar-refractivity contribution in [2.45, 2.75) is 48.4 Å². The maximum absolute atomic E-state index is 12.6. The van der Waals surface area contributed by atoms with Crippen molar-refractivity contribution < 1.29 is 22.0 Å². The molecule has 2 aromatic carbocycles. The van der Waals surface area contributed by atoms with Crippen LogP contribution in [-0.4, -0.2) is 37.6 Å². The van der Waals surface area contributed by atoms with Crippen LogP contribution in [0.2, 0.25) is 0 Å². The number of benzene rings is 2. The summed E-state index contributed by atoms with van der Waals surface area (Å²) >= 11 is 0. The molecule has 1 fully saturated rings. The summed E-state index contributed by atoms with van der Waals surface area (Å²) < 4.78 is 48.2. The van der Waals surface area contributed by atoms with Crippen LogP contribution in [0.5, 0.6) is 0 Å². The molecule has 1 atom stereocenters. The predicted octanol–water partition coefficient (Wildman–Crippen LogP) is 3.77.